The quantitative estimate of drug-likeness (QED) is 0.200. The Balaban J connectivity index is 1.23. The molecule has 0 fully saturated rings. The van der Waals surface area contributed by atoms with Crippen LogP contribution >= 0.6 is 11.3 Å². The van der Waals surface area contributed by atoms with Gasteiger partial charge in [-0.15, -0.1) is 11.3 Å². The molecule has 0 bridgehead atoms. The second-order valence-electron chi connectivity index (χ2n) is 10.8. The number of nitrogens with zero attached hydrogens (tertiary/aromatic N) is 3. The molecule has 3 aromatic heterocycles. The minimum absolute atomic E-state index is 0.715. The smallest absolute Gasteiger partial charge is 0.160 e. The van der Waals surface area contributed by atoms with Crippen molar-refractivity contribution in [1.82, 2.24) is 15.0 Å². The van der Waals surface area contributed by atoms with Crippen molar-refractivity contribution in [3.05, 3.63) is 140 Å². The van der Waals surface area contributed by atoms with Gasteiger partial charge >= 0.3 is 0 Å². The van der Waals surface area contributed by atoms with Gasteiger partial charge in [-0.2, -0.15) is 0 Å². The summed E-state index contributed by atoms with van der Waals surface area (Å²) in [7, 11) is 0. The number of thiophene rings is 1. The van der Waals surface area contributed by atoms with E-state index in [0.717, 1.165) is 44.5 Å². The van der Waals surface area contributed by atoms with Crippen LogP contribution in [0.3, 0.4) is 0 Å². The van der Waals surface area contributed by atoms with Gasteiger partial charge in [0.2, 0.25) is 0 Å². The van der Waals surface area contributed by atoms with E-state index in [1.54, 1.807) is 0 Å². The lowest BCUT2D eigenvalue weighted by atomic mass is 9.97. The Kier molecular flexibility index (Phi) is 5.37. The maximum absolute atomic E-state index is 5.20. The van der Waals surface area contributed by atoms with Crippen molar-refractivity contribution in [3.63, 3.8) is 0 Å². The summed E-state index contributed by atoms with van der Waals surface area (Å²) >= 11 is 1.87. The van der Waals surface area contributed by atoms with E-state index in [0.29, 0.717) is 5.82 Å². The maximum Gasteiger partial charge on any atom is 0.160 e. The highest BCUT2D eigenvalue weighted by Crippen LogP contribution is 2.43. The molecule has 0 aliphatic rings. The van der Waals surface area contributed by atoms with Gasteiger partial charge in [0.05, 0.1) is 22.4 Å². The van der Waals surface area contributed by atoms with Crippen LogP contribution in [0, 0.1) is 0 Å². The number of benzene rings is 6. The highest BCUT2D eigenvalue weighted by atomic mass is 32.1. The molecular formula is C39H23N3S. The van der Waals surface area contributed by atoms with Crippen molar-refractivity contribution in [3.8, 4) is 33.9 Å². The van der Waals surface area contributed by atoms with Crippen LogP contribution in [0.1, 0.15) is 0 Å². The van der Waals surface area contributed by atoms with Crippen LogP contribution in [-0.2, 0) is 0 Å². The predicted molar refractivity (Wildman–Crippen MR) is 182 cm³/mol. The lowest BCUT2D eigenvalue weighted by molar-refractivity contribution is 1.23. The van der Waals surface area contributed by atoms with Crippen molar-refractivity contribution in [2.45, 2.75) is 0 Å². The largest absolute Gasteiger partial charge is 0.247 e. The molecule has 0 radical (unpaired) electrons. The van der Waals surface area contributed by atoms with Crippen LogP contribution in [0.25, 0.3) is 86.7 Å². The Morgan fingerprint density at radius 1 is 0.372 bits per heavy atom. The number of hydrogen-bond acceptors (Lipinski definition) is 4. The van der Waals surface area contributed by atoms with Gasteiger partial charge in [0.25, 0.3) is 0 Å². The SMILES string of the molecule is c1ccc(-c2nc(-c3ccc(-c4nc5ccccc5c5c4ccc4c6ccccc6sc45)cc3)nc3ccccc23)cc1. The van der Waals surface area contributed by atoms with Crippen molar-refractivity contribution < 1.29 is 0 Å². The highest BCUT2D eigenvalue weighted by molar-refractivity contribution is 7.26. The Hall–Kier alpha value is -5.45. The van der Waals surface area contributed by atoms with Crippen molar-refractivity contribution in [2.24, 2.45) is 0 Å². The first-order valence-corrected chi connectivity index (χ1v) is 15.2. The topological polar surface area (TPSA) is 38.7 Å². The standard InChI is InChI=1S/C39H23N3S/c1-2-10-24(11-3-1)36-30-14-5-8-16-33(30)41-39(42-36)26-20-18-25(19-21-26)37-31-23-22-28-27-12-6-9-17-34(27)43-38(28)35(31)29-13-4-7-15-32(29)40-37/h1-23H. The second-order valence-corrected chi connectivity index (χ2v) is 11.8. The lowest BCUT2D eigenvalue weighted by Crippen LogP contribution is -1.95. The molecule has 9 rings (SSSR count). The van der Waals surface area contributed by atoms with E-state index < -0.39 is 0 Å². The fourth-order valence-corrected chi connectivity index (χ4v) is 7.50. The van der Waals surface area contributed by atoms with Gasteiger partial charge < -0.3 is 0 Å². The zero-order chi connectivity index (χ0) is 28.3. The third kappa shape index (κ3) is 3.84. The Labute approximate surface area is 251 Å². The van der Waals surface area contributed by atoms with Gasteiger partial charge in [0.1, 0.15) is 0 Å². The van der Waals surface area contributed by atoms with E-state index in [4.69, 9.17) is 15.0 Å². The van der Waals surface area contributed by atoms with E-state index in [1.165, 1.54) is 36.3 Å². The van der Waals surface area contributed by atoms with Crippen LogP contribution in [0.2, 0.25) is 0 Å². The first-order chi connectivity index (χ1) is 21.3. The van der Waals surface area contributed by atoms with Crippen LogP contribution in [-0.4, -0.2) is 15.0 Å². The summed E-state index contributed by atoms with van der Waals surface area (Å²) in [6, 6.07) is 48.8. The number of rotatable bonds is 3. The zero-order valence-electron chi connectivity index (χ0n) is 23.0. The van der Waals surface area contributed by atoms with Gasteiger partial charge in [-0.25, -0.2) is 15.0 Å². The fourth-order valence-electron chi connectivity index (χ4n) is 6.24. The van der Waals surface area contributed by atoms with E-state index in [2.05, 4.69) is 109 Å². The van der Waals surface area contributed by atoms with Gasteiger partial charge in [-0.3, -0.25) is 0 Å². The summed E-state index contributed by atoms with van der Waals surface area (Å²) in [4.78, 5) is 15.2. The minimum atomic E-state index is 0.715. The zero-order valence-corrected chi connectivity index (χ0v) is 23.8. The molecule has 0 saturated heterocycles. The molecule has 9 aromatic rings. The molecule has 4 heteroatoms. The Bertz CT molecular complexity index is 2500. The van der Waals surface area contributed by atoms with Crippen LogP contribution in [0.4, 0.5) is 0 Å². The van der Waals surface area contributed by atoms with E-state index >= 15 is 0 Å². The number of hydrogen-bond donors (Lipinski definition) is 0. The molecule has 0 aliphatic heterocycles. The molecule has 0 atom stereocenters. The van der Waals surface area contributed by atoms with Crippen LogP contribution in [0.15, 0.2) is 140 Å². The summed E-state index contributed by atoms with van der Waals surface area (Å²) < 4.78 is 2.62. The normalized spacial score (nSPS) is 11.7. The first kappa shape index (κ1) is 24.2. The molecule has 0 aliphatic carbocycles. The summed E-state index contributed by atoms with van der Waals surface area (Å²) in [5.41, 5.74) is 7.00. The molecular weight excluding hydrogens is 543 g/mol. The van der Waals surface area contributed by atoms with E-state index in [9.17, 15) is 0 Å². The maximum atomic E-state index is 5.20. The average Bonchev–Trinajstić information content (AvgIpc) is 3.47. The molecule has 0 amide bonds. The minimum Gasteiger partial charge on any atom is -0.247 e. The molecule has 0 spiro atoms. The lowest BCUT2D eigenvalue weighted by Gasteiger charge is -2.12. The molecule has 200 valence electrons. The summed E-state index contributed by atoms with van der Waals surface area (Å²) in [5, 5.41) is 7.28. The fraction of sp³-hybridized carbons (Fsp3) is 0. The van der Waals surface area contributed by atoms with Crippen molar-refractivity contribution >= 4 is 64.1 Å². The third-order valence-corrected chi connectivity index (χ3v) is 9.48. The number of fused-ring (bicyclic) bond motifs is 8. The Morgan fingerprint density at radius 2 is 0.953 bits per heavy atom. The molecule has 43 heavy (non-hydrogen) atoms. The molecule has 0 unspecified atom stereocenters. The van der Waals surface area contributed by atoms with Gasteiger partial charge in [0, 0.05) is 58.4 Å². The predicted octanol–water partition coefficient (Wildman–Crippen LogP) is 10.7. The molecule has 0 N–H and O–H groups in total. The summed E-state index contributed by atoms with van der Waals surface area (Å²) in [6.45, 7) is 0. The van der Waals surface area contributed by atoms with E-state index in [1.807, 2.05) is 41.7 Å². The summed E-state index contributed by atoms with van der Waals surface area (Å²) in [6.07, 6.45) is 0. The van der Waals surface area contributed by atoms with Gasteiger partial charge in [-0.05, 0) is 18.2 Å². The van der Waals surface area contributed by atoms with Gasteiger partial charge in [0.15, 0.2) is 5.82 Å². The number of para-hydroxylation sites is 2. The molecule has 6 aromatic carbocycles. The number of aromatic nitrogens is 3. The second kappa shape index (κ2) is 9.55. The molecule has 0 saturated carbocycles. The van der Waals surface area contributed by atoms with E-state index in [-0.39, 0.29) is 0 Å². The molecule has 3 nitrogen and oxygen atoms in total. The van der Waals surface area contributed by atoms with Crippen molar-refractivity contribution in [1.29, 1.82) is 0 Å². The molecule has 3 heterocycles. The first-order valence-electron chi connectivity index (χ1n) is 14.4. The average molecular weight is 566 g/mol. The third-order valence-electron chi connectivity index (χ3n) is 8.27. The summed E-state index contributed by atoms with van der Waals surface area (Å²) in [5.74, 6) is 0.715. The highest BCUT2D eigenvalue weighted by Gasteiger charge is 2.17. The number of pyridine rings is 1. The van der Waals surface area contributed by atoms with Crippen LogP contribution in [0.5, 0.6) is 0 Å². The van der Waals surface area contributed by atoms with Gasteiger partial charge in [-0.1, -0.05) is 121 Å². The Morgan fingerprint density at radius 3 is 1.77 bits per heavy atom. The van der Waals surface area contributed by atoms with Crippen molar-refractivity contribution in [2.75, 3.05) is 0 Å². The van der Waals surface area contributed by atoms with Crippen LogP contribution < -0.4 is 0 Å². The monoisotopic (exact) mass is 565 g/mol.